The molecule has 178 valence electrons. The van der Waals surface area contributed by atoms with Gasteiger partial charge in [-0.2, -0.15) is 0 Å². The van der Waals surface area contributed by atoms with Gasteiger partial charge in [0.2, 0.25) is 5.89 Å². The lowest BCUT2D eigenvalue weighted by atomic mass is 9.33. The average molecular weight is 487 g/mol. The smallest absolute Gasteiger partial charge is 0.259 e. The number of amides is 1. The van der Waals surface area contributed by atoms with Crippen molar-refractivity contribution in [3.63, 3.8) is 0 Å². The zero-order valence-corrected chi connectivity index (χ0v) is 19.5. The molecule has 1 atom stereocenters. The summed E-state index contributed by atoms with van der Waals surface area (Å²) in [6.07, 6.45) is 2.64. The molecule has 0 saturated heterocycles. The van der Waals surface area contributed by atoms with Crippen molar-refractivity contribution in [2.24, 2.45) is 11.1 Å². The molecule has 1 amide bonds. The summed E-state index contributed by atoms with van der Waals surface area (Å²) in [5.41, 5.74) is 5.88. The second-order valence-corrected chi connectivity index (χ2v) is 9.92. The number of carbonyl (C=O) groups excluding carboxylic acids is 1. The average Bonchev–Trinajstić information content (AvgIpc) is 3.21. The Bertz CT molecular complexity index is 1210. The van der Waals surface area contributed by atoms with Crippen molar-refractivity contribution >= 4 is 17.5 Å². The van der Waals surface area contributed by atoms with Crippen LogP contribution < -0.4 is 15.2 Å². The first-order valence-electron chi connectivity index (χ1n) is 11.0. The van der Waals surface area contributed by atoms with Gasteiger partial charge in [-0.25, -0.2) is 4.39 Å². The molecular formula is C24H24ClFN4O4. The van der Waals surface area contributed by atoms with Crippen LogP contribution in [0.2, 0.25) is 5.02 Å². The fourth-order valence-corrected chi connectivity index (χ4v) is 5.15. The van der Waals surface area contributed by atoms with E-state index in [-0.39, 0.29) is 22.8 Å². The van der Waals surface area contributed by atoms with Crippen molar-refractivity contribution in [2.45, 2.75) is 57.2 Å². The molecule has 34 heavy (non-hydrogen) atoms. The van der Waals surface area contributed by atoms with Crippen molar-refractivity contribution in [1.82, 2.24) is 15.2 Å². The van der Waals surface area contributed by atoms with E-state index < -0.39 is 23.2 Å². The monoisotopic (exact) mass is 486 g/mol. The minimum absolute atomic E-state index is 0.0209. The fraction of sp³-hybridized carbons (Fsp3) is 0.417. The van der Waals surface area contributed by atoms with Crippen molar-refractivity contribution in [3.05, 3.63) is 64.8 Å². The summed E-state index contributed by atoms with van der Waals surface area (Å²) < 4.78 is 31.1. The van der Waals surface area contributed by atoms with Gasteiger partial charge in [0.15, 0.2) is 12.7 Å². The van der Waals surface area contributed by atoms with Gasteiger partial charge >= 0.3 is 0 Å². The maximum atomic E-state index is 13.8. The normalized spacial score (nSPS) is 23.7. The second kappa shape index (κ2) is 8.23. The number of rotatable bonds is 9. The first-order valence-corrected chi connectivity index (χ1v) is 11.4. The summed E-state index contributed by atoms with van der Waals surface area (Å²) in [5.74, 6) is 0.828. The minimum Gasteiger partial charge on any atom is -0.482 e. The zero-order valence-electron chi connectivity index (χ0n) is 18.8. The van der Waals surface area contributed by atoms with Crippen molar-refractivity contribution in [2.75, 3.05) is 0 Å². The van der Waals surface area contributed by atoms with Crippen LogP contribution >= 0.6 is 11.6 Å². The van der Waals surface area contributed by atoms with E-state index in [0.29, 0.717) is 42.7 Å². The maximum Gasteiger partial charge on any atom is 0.259 e. The minimum atomic E-state index is -0.887. The Hall–Kier alpha value is -3.20. The van der Waals surface area contributed by atoms with E-state index in [0.717, 1.165) is 11.8 Å². The number of ether oxygens (including phenoxy) is 2. The lowest BCUT2D eigenvalue weighted by Crippen LogP contribution is -2.72. The summed E-state index contributed by atoms with van der Waals surface area (Å²) in [5, 5.41) is 8.28. The first kappa shape index (κ1) is 22.6. The molecule has 0 aliphatic heterocycles. The maximum absolute atomic E-state index is 13.8. The number of nitrogens with two attached hydrogens (primary N) is 1. The molecule has 0 spiro atoms. The van der Waals surface area contributed by atoms with E-state index in [2.05, 4.69) is 29.0 Å². The van der Waals surface area contributed by atoms with Crippen LogP contribution in [0.25, 0.3) is 0 Å². The molecular weight excluding hydrogens is 463 g/mol. The standard InChI is InChI=1S/C24H24ClFN4O4/c1-13(2)18-6-4-15(8-28-18)32-9-19-29-30-22(34-19)24-10-23(11-24,12-24)20(21(27)31)33-14-3-5-16(25)17(26)7-14/h3-8,13,20H,9-12H2,1-2H3,(H2,27,31). The number of nitrogens with zero attached hydrogens (tertiary/aromatic N) is 3. The quantitative estimate of drug-likeness (QED) is 0.479. The van der Waals surface area contributed by atoms with E-state index in [1.54, 1.807) is 6.20 Å². The number of hydrogen-bond donors (Lipinski definition) is 1. The molecule has 8 nitrogen and oxygen atoms in total. The van der Waals surface area contributed by atoms with Crippen LogP contribution in [0.1, 0.15) is 56.5 Å². The van der Waals surface area contributed by atoms with Gasteiger partial charge in [-0.15, -0.1) is 10.2 Å². The molecule has 3 fully saturated rings. The van der Waals surface area contributed by atoms with E-state index in [4.69, 9.17) is 31.2 Å². The molecule has 10 heteroatoms. The number of pyridine rings is 1. The zero-order chi connectivity index (χ0) is 24.1. The molecule has 2 heterocycles. The van der Waals surface area contributed by atoms with Gasteiger partial charge in [0.1, 0.15) is 17.3 Å². The third-order valence-electron chi connectivity index (χ3n) is 6.66. The van der Waals surface area contributed by atoms with Gasteiger partial charge in [0.25, 0.3) is 11.8 Å². The third kappa shape index (κ3) is 3.87. The van der Waals surface area contributed by atoms with Crippen LogP contribution in [0.5, 0.6) is 11.5 Å². The summed E-state index contributed by atoms with van der Waals surface area (Å²) in [6, 6.07) is 7.83. The molecule has 2 aromatic heterocycles. The highest BCUT2D eigenvalue weighted by atomic mass is 35.5. The highest BCUT2D eigenvalue weighted by Crippen LogP contribution is 2.75. The molecule has 0 radical (unpaired) electrons. The van der Waals surface area contributed by atoms with Crippen LogP contribution in [-0.2, 0) is 16.8 Å². The summed E-state index contributed by atoms with van der Waals surface area (Å²) in [4.78, 5) is 16.5. The number of halogens is 2. The molecule has 2 N–H and O–H groups in total. The molecule has 3 saturated carbocycles. The summed E-state index contributed by atoms with van der Waals surface area (Å²) in [6.45, 7) is 4.28. The van der Waals surface area contributed by atoms with Gasteiger partial charge in [0.05, 0.1) is 16.6 Å². The number of carbonyl (C=O) groups is 1. The van der Waals surface area contributed by atoms with Crippen molar-refractivity contribution in [1.29, 1.82) is 0 Å². The van der Waals surface area contributed by atoms with Crippen molar-refractivity contribution < 1.29 is 23.1 Å². The van der Waals surface area contributed by atoms with Crippen LogP contribution in [0.15, 0.2) is 40.9 Å². The van der Waals surface area contributed by atoms with Gasteiger partial charge in [-0.3, -0.25) is 9.78 Å². The van der Waals surface area contributed by atoms with E-state index >= 15 is 0 Å². The van der Waals surface area contributed by atoms with Crippen LogP contribution in [0, 0.1) is 11.2 Å². The molecule has 3 aliphatic rings. The molecule has 1 aromatic carbocycles. The Morgan fingerprint density at radius 1 is 1.21 bits per heavy atom. The molecule has 1 unspecified atom stereocenters. The molecule has 2 bridgehead atoms. The summed E-state index contributed by atoms with van der Waals surface area (Å²) >= 11 is 5.72. The fourth-order valence-electron chi connectivity index (χ4n) is 5.03. The molecule has 3 aromatic rings. The van der Waals surface area contributed by atoms with E-state index in [1.165, 1.54) is 12.1 Å². The summed E-state index contributed by atoms with van der Waals surface area (Å²) in [7, 11) is 0. The topological polar surface area (TPSA) is 113 Å². The predicted molar refractivity (Wildman–Crippen MR) is 120 cm³/mol. The predicted octanol–water partition coefficient (Wildman–Crippen LogP) is 4.31. The van der Waals surface area contributed by atoms with E-state index in [1.807, 2.05) is 12.1 Å². The number of primary amides is 1. The number of aromatic nitrogens is 3. The van der Waals surface area contributed by atoms with Crippen LogP contribution in [0.4, 0.5) is 4.39 Å². The number of hydrogen-bond acceptors (Lipinski definition) is 7. The highest BCUT2D eigenvalue weighted by Gasteiger charge is 2.75. The number of benzene rings is 1. The van der Waals surface area contributed by atoms with Crippen LogP contribution in [-0.4, -0.2) is 27.2 Å². The third-order valence-corrected chi connectivity index (χ3v) is 6.97. The lowest BCUT2D eigenvalue weighted by Gasteiger charge is -2.69. The van der Waals surface area contributed by atoms with Gasteiger partial charge in [-0.1, -0.05) is 25.4 Å². The highest BCUT2D eigenvalue weighted by molar-refractivity contribution is 6.30. The Balaban J connectivity index is 1.20. The molecule has 6 rings (SSSR count). The first-order chi connectivity index (χ1) is 16.2. The van der Waals surface area contributed by atoms with Crippen molar-refractivity contribution in [3.8, 4) is 11.5 Å². The van der Waals surface area contributed by atoms with Gasteiger partial charge in [0, 0.05) is 17.2 Å². The SMILES string of the molecule is CC(C)c1ccc(OCc2nnc(C34CC(C(Oc5ccc(Cl)c(F)c5)C(N)=O)(C3)C4)o2)cn1. The lowest BCUT2D eigenvalue weighted by molar-refractivity contribution is -0.208. The molecule has 3 aliphatic carbocycles. The largest absolute Gasteiger partial charge is 0.482 e. The van der Waals surface area contributed by atoms with Gasteiger partial charge < -0.3 is 19.6 Å². The Labute approximate surface area is 200 Å². The Morgan fingerprint density at radius 3 is 2.56 bits per heavy atom. The van der Waals surface area contributed by atoms with Gasteiger partial charge in [-0.05, 0) is 49.4 Å². The second-order valence-electron chi connectivity index (χ2n) is 9.51. The Kier molecular flexibility index (Phi) is 5.47. The van der Waals surface area contributed by atoms with Crippen LogP contribution in [0.3, 0.4) is 0 Å². The Morgan fingerprint density at radius 2 is 1.94 bits per heavy atom. The van der Waals surface area contributed by atoms with E-state index in [9.17, 15) is 9.18 Å².